The number of aromatic amines is 1. The standard InChI is InChI=1S/C26H23N7S/c1-33(2)15-16-8-19(11-27-10-16)17-5-6-18-12-29-32-25(20(18)9-17)26-30-22-14-28-13-21(24(22)31-26)23-4-3-7-34-23/h3-11,13-14,29H,12,15H2,1-2H3,(H,30,31). The molecule has 0 bridgehead atoms. The highest BCUT2D eigenvalue weighted by Gasteiger charge is 2.21. The Morgan fingerprint density at radius 1 is 0.971 bits per heavy atom. The fourth-order valence-corrected chi connectivity index (χ4v) is 5.07. The molecule has 7 nitrogen and oxygen atoms in total. The Kier molecular flexibility index (Phi) is 5.16. The summed E-state index contributed by atoms with van der Waals surface area (Å²) in [5.74, 6) is 0.728. The molecule has 2 N–H and O–H groups in total. The average Bonchev–Trinajstić information content (AvgIpc) is 3.53. The van der Waals surface area contributed by atoms with Crippen LogP contribution in [-0.2, 0) is 13.1 Å². The van der Waals surface area contributed by atoms with Gasteiger partial charge in [0, 0.05) is 46.7 Å². The number of nitrogens with one attached hydrogen (secondary N) is 2. The van der Waals surface area contributed by atoms with Gasteiger partial charge >= 0.3 is 0 Å². The zero-order valence-electron chi connectivity index (χ0n) is 18.9. The third-order valence-corrected chi connectivity index (χ3v) is 6.76. The van der Waals surface area contributed by atoms with E-state index in [0.29, 0.717) is 6.54 Å². The molecular weight excluding hydrogens is 442 g/mol. The van der Waals surface area contributed by atoms with Gasteiger partial charge in [0.15, 0.2) is 5.82 Å². The lowest BCUT2D eigenvalue weighted by Gasteiger charge is -2.18. The Morgan fingerprint density at radius 2 is 1.88 bits per heavy atom. The number of pyridine rings is 2. The van der Waals surface area contributed by atoms with Crippen LogP contribution in [0, 0.1) is 0 Å². The van der Waals surface area contributed by atoms with E-state index >= 15 is 0 Å². The summed E-state index contributed by atoms with van der Waals surface area (Å²) in [7, 11) is 4.13. The van der Waals surface area contributed by atoms with Gasteiger partial charge < -0.3 is 15.3 Å². The zero-order valence-corrected chi connectivity index (χ0v) is 19.7. The molecule has 0 spiro atoms. The Hall–Kier alpha value is -3.88. The number of nitrogens with zero attached hydrogens (tertiary/aromatic N) is 5. The molecule has 1 aliphatic heterocycles. The smallest absolute Gasteiger partial charge is 0.159 e. The van der Waals surface area contributed by atoms with Crippen molar-refractivity contribution in [3.05, 3.63) is 89.1 Å². The minimum atomic E-state index is 0.681. The predicted molar refractivity (Wildman–Crippen MR) is 137 cm³/mol. The van der Waals surface area contributed by atoms with E-state index in [4.69, 9.17) is 4.98 Å². The monoisotopic (exact) mass is 465 g/mol. The summed E-state index contributed by atoms with van der Waals surface area (Å²) in [5.41, 5.74) is 12.4. The van der Waals surface area contributed by atoms with Crippen LogP contribution in [0.5, 0.6) is 0 Å². The van der Waals surface area contributed by atoms with Crippen LogP contribution in [0.3, 0.4) is 0 Å². The molecule has 1 aliphatic rings. The third-order valence-electron chi connectivity index (χ3n) is 5.86. The molecule has 4 aromatic heterocycles. The van der Waals surface area contributed by atoms with E-state index in [-0.39, 0.29) is 0 Å². The second-order valence-electron chi connectivity index (χ2n) is 8.63. The summed E-state index contributed by atoms with van der Waals surface area (Å²) in [6, 6.07) is 12.8. The molecule has 5 heterocycles. The molecule has 0 aliphatic carbocycles. The molecule has 0 saturated heterocycles. The van der Waals surface area contributed by atoms with Gasteiger partial charge in [-0.15, -0.1) is 11.3 Å². The number of hydrazone groups is 1. The van der Waals surface area contributed by atoms with Crippen LogP contribution in [-0.4, -0.2) is 44.6 Å². The molecule has 0 amide bonds. The van der Waals surface area contributed by atoms with Crippen LogP contribution in [0.1, 0.15) is 22.5 Å². The zero-order chi connectivity index (χ0) is 23.1. The van der Waals surface area contributed by atoms with E-state index in [2.05, 4.69) is 80.2 Å². The molecule has 6 rings (SSSR count). The summed E-state index contributed by atoms with van der Waals surface area (Å²) in [5, 5.41) is 6.72. The highest BCUT2D eigenvalue weighted by atomic mass is 32.1. The summed E-state index contributed by atoms with van der Waals surface area (Å²) in [6.45, 7) is 1.53. The van der Waals surface area contributed by atoms with Gasteiger partial charge in [0.1, 0.15) is 11.2 Å². The van der Waals surface area contributed by atoms with Crippen molar-refractivity contribution in [1.82, 2.24) is 30.3 Å². The number of fused-ring (bicyclic) bond motifs is 2. The van der Waals surface area contributed by atoms with Gasteiger partial charge in [-0.05, 0) is 54.4 Å². The number of imidazole rings is 1. The van der Waals surface area contributed by atoms with Crippen molar-refractivity contribution in [2.45, 2.75) is 13.1 Å². The number of hydrogen-bond donors (Lipinski definition) is 2. The normalized spacial score (nSPS) is 13.1. The number of benzene rings is 1. The van der Waals surface area contributed by atoms with Crippen LogP contribution in [0.15, 0.2) is 71.7 Å². The highest BCUT2D eigenvalue weighted by molar-refractivity contribution is 7.13. The molecule has 168 valence electrons. The van der Waals surface area contributed by atoms with Gasteiger partial charge in [0.2, 0.25) is 0 Å². The molecular formula is C26H23N7S. The van der Waals surface area contributed by atoms with Gasteiger partial charge in [-0.25, -0.2) is 4.98 Å². The lowest BCUT2D eigenvalue weighted by atomic mass is 9.95. The second-order valence-corrected chi connectivity index (χ2v) is 9.58. The summed E-state index contributed by atoms with van der Waals surface area (Å²) < 4.78 is 0. The lowest BCUT2D eigenvalue weighted by molar-refractivity contribution is 0.402. The van der Waals surface area contributed by atoms with Gasteiger partial charge in [0.05, 0.1) is 18.3 Å². The molecule has 1 aromatic carbocycles. The predicted octanol–water partition coefficient (Wildman–Crippen LogP) is 4.67. The SMILES string of the molecule is CN(C)Cc1cncc(-c2ccc3c(c2)C(c2nc4c(-c5cccs5)cncc4[nH]2)=NNC3)c1. The molecule has 8 heteroatoms. The fourth-order valence-electron chi connectivity index (χ4n) is 4.33. The molecule has 0 unspecified atom stereocenters. The van der Waals surface area contributed by atoms with E-state index in [1.54, 1.807) is 11.3 Å². The number of aromatic nitrogens is 4. The average molecular weight is 466 g/mol. The van der Waals surface area contributed by atoms with Crippen molar-refractivity contribution in [3.8, 4) is 21.6 Å². The summed E-state index contributed by atoms with van der Waals surface area (Å²) in [6.07, 6.45) is 7.53. The van der Waals surface area contributed by atoms with Crippen LogP contribution in [0.25, 0.3) is 32.6 Å². The molecule has 0 radical (unpaired) electrons. The number of rotatable bonds is 5. The topological polar surface area (TPSA) is 82.1 Å². The first-order valence-corrected chi connectivity index (χ1v) is 11.9. The Morgan fingerprint density at radius 3 is 2.74 bits per heavy atom. The third kappa shape index (κ3) is 3.76. The van der Waals surface area contributed by atoms with E-state index in [1.165, 1.54) is 11.1 Å². The molecule has 0 saturated carbocycles. The van der Waals surface area contributed by atoms with Gasteiger partial charge in [-0.1, -0.05) is 18.2 Å². The number of hydrogen-bond acceptors (Lipinski definition) is 7. The maximum atomic E-state index is 4.96. The number of thiophene rings is 1. The molecule has 0 fully saturated rings. The van der Waals surface area contributed by atoms with E-state index in [0.717, 1.165) is 56.2 Å². The second kappa shape index (κ2) is 8.48. The van der Waals surface area contributed by atoms with Gasteiger partial charge in [-0.3, -0.25) is 9.97 Å². The minimum absolute atomic E-state index is 0.681. The van der Waals surface area contributed by atoms with Crippen molar-refractivity contribution in [2.24, 2.45) is 5.10 Å². The fraction of sp³-hybridized carbons (Fsp3) is 0.154. The quantitative estimate of drug-likeness (QED) is 0.394. The molecule has 34 heavy (non-hydrogen) atoms. The Bertz CT molecular complexity index is 1520. The van der Waals surface area contributed by atoms with E-state index < -0.39 is 0 Å². The van der Waals surface area contributed by atoms with Crippen molar-refractivity contribution < 1.29 is 0 Å². The first-order valence-electron chi connectivity index (χ1n) is 11.1. The Balaban J connectivity index is 1.42. The highest BCUT2D eigenvalue weighted by Crippen LogP contribution is 2.31. The largest absolute Gasteiger partial charge is 0.335 e. The van der Waals surface area contributed by atoms with Crippen LogP contribution >= 0.6 is 11.3 Å². The summed E-state index contributed by atoms with van der Waals surface area (Å²) >= 11 is 1.68. The first-order chi connectivity index (χ1) is 16.7. The van der Waals surface area contributed by atoms with Crippen molar-refractivity contribution in [3.63, 3.8) is 0 Å². The van der Waals surface area contributed by atoms with E-state index in [1.807, 2.05) is 30.9 Å². The minimum Gasteiger partial charge on any atom is -0.335 e. The first kappa shape index (κ1) is 20.7. The molecule has 0 atom stereocenters. The van der Waals surface area contributed by atoms with Gasteiger partial charge in [0.25, 0.3) is 0 Å². The maximum absolute atomic E-state index is 4.96. The Labute approximate surface area is 201 Å². The maximum Gasteiger partial charge on any atom is 0.159 e. The summed E-state index contributed by atoms with van der Waals surface area (Å²) in [4.78, 5) is 20.6. The van der Waals surface area contributed by atoms with Crippen molar-refractivity contribution >= 4 is 28.1 Å². The van der Waals surface area contributed by atoms with Crippen molar-refractivity contribution in [2.75, 3.05) is 14.1 Å². The van der Waals surface area contributed by atoms with Crippen LogP contribution < -0.4 is 5.43 Å². The molecule has 5 aromatic rings. The van der Waals surface area contributed by atoms with Crippen LogP contribution in [0.4, 0.5) is 0 Å². The number of H-pyrrole nitrogens is 1. The van der Waals surface area contributed by atoms with Crippen molar-refractivity contribution in [1.29, 1.82) is 0 Å². The van der Waals surface area contributed by atoms with E-state index in [9.17, 15) is 0 Å². The van der Waals surface area contributed by atoms with Gasteiger partial charge in [-0.2, -0.15) is 5.10 Å². The van der Waals surface area contributed by atoms with Crippen LogP contribution in [0.2, 0.25) is 0 Å². The lowest BCUT2D eigenvalue weighted by Crippen LogP contribution is -2.22.